The van der Waals surface area contributed by atoms with Gasteiger partial charge in [0.15, 0.2) is 5.82 Å². The summed E-state index contributed by atoms with van der Waals surface area (Å²) in [6, 6.07) is 3.96. The van der Waals surface area contributed by atoms with E-state index in [4.69, 9.17) is 8.94 Å². The van der Waals surface area contributed by atoms with E-state index in [9.17, 15) is 0 Å². The topological polar surface area (TPSA) is 55.3 Å². The van der Waals surface area contributed by atoms with Crippen LogP contribution in [0.25, 0.3) is 0 Å². The molecule has 0 unspecified atom stereocenters. The minimum atomic E-state index is 0.408. The molecule has 2 aromatic rings. The number of hydrogen-bond donors (Lipinski definition) is 0. The Labute approximate surface area is 122 Å². The lowest BCUT2D eigenvalue weighted by atomic mass is 9.97. The normalized spacial score (nSPS) is 17.6. The average Bonchev–Trinajstić information content (AvgIpc) is 3.12. The van der Waals surface area contributed by atoms with Crippen molar-refractivity contribution in [2.24, 2.45) is 0 Å². The molecular weight excluding hydrogens is 274 g/mol. The summed E-state index contributed by atoms with van der Waals surface area (Å²) in [5.74, 6) is 3.88. The van der Waals surface area contributed by atoms with Gasteiger partial charge in [-0.1, -0.05) is 5.16 Å². The van der Waals surface area contributed by atoms with Crippen LogP contribution in [-0.2, 0) is 12.3 Å². The SMILES string of the molecule is CSCc1noc(C2CCN(Cc3ccco3)CC2)n1. The molecule has 0 bridgehead atoms. The van der Waals surface area contributed by atoms with Crippen molar-refractivity contribution in [2.75, 3.05) is 19.3 Å². The molecule has 0 aliphatic carbocycles. The zero-order chi connectivity index (χ0) is 13.8. The number of furan rings is 1. The summed E-state index contributed by atoms with van der Waals surface area (Å²) >= 11 is 1.71. The molecule has 108 valence electrons. The van der Waals surface area contributed by atoms with Crippen LogP contribution in [-0.4, -0.2) is 34.4 Å². The first-order valence-corrected chi connectivity index (χ1v) is 8.30. The highest BCUT2D eigenvalue weighted by atomic mass is 32.2. The van der Waals surface area contributed by atoms with E-state index in [1.165, 1.54) is 0 Å². The van der Waals surface area contributed by atoms with Gasteiger partial charge in [-0.15, -0.1) is 0 Å². The monoisotopic (exact) mass is 293 g/mol. The molecule has 20 heavy (non-hydrogen) atoms. The van der Waals surface area contributed by atoms with Gasteiger partial charge in [0.05, 0.1) is 18.6 Å². The van der Waals surface area contributed by atoms with E-state index in [2.05, 4.69) is 15.0 Å². The highest BCUT2D eigenvalue weighted by Crippen LogP contribution is 2.27. The molecule has 0 atom stereocenters. The van der Waals surface area contributed by atoms with Gasteiger partial charge in [-0.3, -0.25) is 4.90 Å². The fraction of sp³-hybridized carbons (Fsp3) is 0.571. The van der Waals surface area contributed by atoms with Gasteiger partial charge in [0, 0.05) is 5.92 Å². The molecule has 6 heteroatoms. The highest BCUT2D eigenvalue weighted by Gasteiger charge is 2.25. The molecule has 0 amide bonds. The number of aromatic nitrogens is 2. The Hall–Kier alpha value is -1.27. The van der Waals surface area contributed by atoms with Crippen LogP contribution in [0.5, 0.6) is 0 Å². The van der Waals surface area contributed by atoms with Crippen molar-refractivity contribution in [3.05, 3.63) is 35.9 Å². The molecule has 0 saturated carbocycles. The Morgan fingerprint density at radius 1 is 1.40 bits per heavy atom. The minimum absolute atomic E-state index is 0.408. The van der Waals surface area contributed by atoms with Gasteiger partial charge in [-0.2, -0.15) is 16.7 Å². The van der Waals surface area contributed by atoms with Crippen molar-refractivity contribution >= 4 is 11.8 Å². The van der Waals surface area contributed by atoms with Crippen molar-refractivity contribution in [2.45, 2.75) is 31.1 Å². The summed E-state index contributed by atoms with van der Waals surface area (Å²) in [7, 11) is 0. The molecule has 3 rings (SSSR count). The molecule has 2 aromatic heterocycles. The summed E-state index contributed by atoms with van der Waals surface area (Å²) < 4.78 is 10.8. The van der Waals surface area contributed by atoms with Crippen LogP contribution in [0.15, 0.2) is 27.3 Å². The van der Waals surface area contributed by atoms with E-state index in [1.807, 2.05) is 18.4 Å². The van der Waals surface area contributed by atoms with Crippen molar-refractivity contribution < 1.29 is 8.94 Å². The van der Waals surface area contributed by atoms with E-state index < -0.39 is 0 Å². The van der Waals surface area contributed by atoms with Gasteiger partial charge in [0.1, 0.15) is 5.76 Å². The van der Waals surface area contributed by atoms with Crippen molar-refractivity contribution in [3.8, 4) is 0 Å². The summed E-state index contributed by atoms with van der Waals surface area (Å²) in [6.07, 6.45) is 5.92. The Balaban J connectivity index is 1.52. The quantitative estimate of drug-likeness (QED) is 0.845. The summed E-state index contributed by atoms with van der Waals surface area (Å²) in [5, 5.41) is 4.03. The van der Waals surface area contributed by atoms with Gasteiger partial charge in [0.2, 0.25) is 5.89 Å². The molecule has 5 nitrogen and oxygen atoms in total. The molecule has 0 N–H and O–H groups in total. The second kappa shape index (κ2) is 6.45. The number of hydrogen-bond acceptors (Lipinski definition) is 6. The molecule has 0 spiro atoms. The van der Waals surface area contributed by atoms with E-state index >= 15 is 0 Å². The second-order valence-corrected chi connectivity index (χ2v) is 5.98. The lowest BCUT2D eigenvalue weighted by Crippen LogP contribution is -2.32. The van der Waals surface area contributed by atoms with Gasteiger partial charge in [-0.05, 0) is 44.3 Å². The van der Waals surface area contributed by atoms with Crippen LogP contribution in [0, 0.1) is 0 Å². The van der Waals surface area contributed by atoms with E-state index in [-0.39, 0.29) is 0 Å². The molecule has 1 saturated heterocycles. The summed E-state index contributed by atoms with van der Waals surface area (Å²) in [6.45, 7) is 2.98. The second-order valence-electron chi connectivity index (χ2n) is 5.11. The standard InChI is InChI=1S/C14H19N3O2S/c1-20-10-13-15-14(19-16-13)11-4-6-17(7-5-11)9-12-3-2-8-18-12/h2-3,8,11H,4-7,9-10H2,1H3. The maximum atomic E-state index is 5.39. The third-order valence-corrected chi connectivity index (χ3v) is 4.20. The number of likely N-dealkylation sites (tertiary alicyclic amines) is 1. The van der Waals surface area contributed by atoms with Crippen molar-refractivity contribution in [3.63, 3.8) is 0 Å². The number of rotatable bonds is 5. The van der Waals surface area contributed by atoms with Crippen LogP contribution >= 0.6 is 11.8 Å². The summed E-state index contributed by atoms with van der Waals surface area (Å²) in [4.78, 5) is 6.90. The Kier molecular flexibility index (Phi) is 4.42. The third kappa shape index (κ3) is 3.24. The van der Waals surface area contributed by atoms with E-state index in [0.29, 0.717) is 5.92 Å². The zero-order valence-corrected chi connectivity index (χ0v) is 12.4. The molecule has 3 heterocycles. The predicted octanol–water partition coefficient (Wildman–Crippen LogP) is 2.91. The Bertz CT molecular complexity index is 518. The third-order valence-electron chi connectivity index (χ3n) is 3.65. The zero-order valence-electron chi connectivity index (χ0n) is 11.6. The molecule has 1 aliphatic heterocycles. The fourth-order valence-electron chi connectivity index (χ4n) is 2.58. The lowest BCUT2D eigenvalue weighted by Gasteiger charge is -2.29. The molecule has 0 radical (unpaired) electrons. The van der Waals surface area contributed by atoms with Crippen LogP contribution in [0.3, 0.4) is 0 Å². The van der Waals surface area contributed by atoms with Gasteiger partial charge in [-0.25, -0.2) is 0 Å². The van der Waals surface area contributed by atoms with Crippen LogP contribution < -0.4 is 0 Å². The van der Waals surface area contributed by atoms with E-state index in [0.717, 1.165) is 55.7 Å². The Morgan fingerprint density at radius 3 is 2.95 bits per heavy atom. The number of piperidine rings is 1. The highest BCUT2D eigenvalue weighted by molar-refractivity contribution is 7.97. The van der Waals surface area contributed by atoms with Crippen molar-refractivity contribution in [1.29, 1.82) is 0 Å². The average molecular weight is 293 g/mol. The molecule has 1 fully saturated rings. The van der Waals surface area contributed by atoms with Crippen molar-refractivity contribution in [1.82, 2.24) is 15.0 Å². The largest absolute Gasteiger partial charge is 0.468 e. The number of nitrogens with zero attached hydrogens (tertiary/aromatic N) is 3. The molecule has 0 aromatic carbocycles. The predicted molar refractivity (Wildman–Crippen MR) is 77.5 cm³/mol. The van der Waals surface area contributed by atoms with Gasteiger partial charge in [0.25, 0.3) is 0 Å². The lowest BCUT2D eigenvalue weighted by molar-refractivity contribution is 0.176. The first-order chi connectivity index (χ1) is 9.85. The van der Waals surface area contributed by atoms with Gasteiger partial charge < -0.3 is 8.94 Å². The Morgan fingerprint density at radius 2 is 2.25 bits per heavy atom. The maximum absolute atomic E-state index is 5.39. The van der Waals surface area contributed by atoms with Crippen LogP contribution in [0.1, 0.15) is 36.2 Å². The van der Waals surface area contributed by atoms with Gasteiger partial charge >= 0.3 is 0 Å². The first-order valence-electron chi connectivity index (χ1n) is 6.91. The fourth-order valence-corrected chi connectivity index (χ4v) is 2.96. The first kappa shape index (κ1) is 13.7. The van der Waals surface area contributed by atoms with Crippen LogP contribution in [0.2, 0.25) is 0 Å². The summed E-state index contributed by atoms with van der Waals surface area (Å²) in [5.41, 5.74) is 0. The van der Waals surface area contributed by atoms with E-state index in [1.54, 1.807) is 18.0 Å². The number of thioether (sulfide) groups is 1. The maximum Gasteiger partial charge on any atom is 0.229 e. The van der Waals surface area contributed by atoms with Crippen LogP contribution in [0.4, 0.5) is 0 Å². The smallest absolute Gasteiger partial charge is 0.229 e. The molecular formula is C14H19N3O2S. The minimum Gasteiger partial charge on any atom is -0.468 e. The molecule has 1 aliphatic rings.